The lowest BCUT2D eigenvalue weighted by atomic mass is 10.2. The van der Waals surface area contributed by atoms with Crippen molar-refractivity contribution in [2.24, 2.45) is 5.73 Å². The van der Waals surface area contributed by atoms with E-state index in [2.05, 4.69) is 15.5 Å². The number of aryl methyl sites for hydroxylation is 1. The molecule has 10 nitrogen and oxygen atoms in total. The average Bonchev–Trinajstić information content (AvgIpc) is 2.96. The topological polar surface area (TPSA) is 142 Å². The third kappa shape index (κ3) is 4.47. The first-order chi connectivity index (χ1) is 11.5. The van der Waals surface area contributed by atoms with Gasteiger partial charge in [-0.1, -0.05) is 30.3 Å². The zero-order valence-electron chi connectivity index (χ0n) is 12.7. The molecule has 0 aliphatic carbocycles. The van der Waals surface area contributed by atoms with E-state index >= 15 is 0 Å². The van der Waals surface area contributed by atoms with Crippen molar-refractivity contribution in [1.29, 1.82) is 0 Å². The first-order valence-corrected chi connectivity index (χ1v) is 6.76. The standard InChI is InChI=1S/C14H14N6O4/c1-9-17-18-19-20(9)11(7-10-5-3-2-4-6-10)13(22)24-8-12(21)16-14(15)23/h2-7H,8H2,1H3,(H3,15,16,21,23)/b11-7-. The van der Waals surface area contributed by atoms with E-state index in [1.807, 2.05) is 6.07 Å². The van der Waals surface area contributed by atoms with Gasteiger partial charge in [-0.2, -0.15) is 4.68 Å². The third-order valence-electron chi connectivity index (χ3n) is 2.76. The van der Waals surface area contributed by atoms with Crippen molar-refractivity contribution in [3.05, 3.63) is 41.7 Å². The van der Waals surface area contributed by atoms with Crippen LogP contribution < -0.4 is 11.1 Å². The SMILES string of the molecule is Cc1nnnn1/C(=C\c1ccccc1)C(=O)OCC(=O)NC(N)=O. The molecule has 0 aliphatic rings. The summed E-state index contributed by atoms with van der Waals surface area (Å²) in [5, 5.41) is 12.7. The number of imide groups is 1. The Kier molecular flexibility index (Phi) is 5.34. The van der Waals surface area contributed by atoms with Crippen LogP contribution in [-0.4, -0.2) is 44.7 Å². The number of benzene rings is 1. The molecule has 10 heteroatoms. The van der Waals surface area contributed by atoms with Gasteiger partial charge in [0.2, 0.25) is 0 Å². The number of hydrogen-bond donors (Lipinski definition) is 2. The lowest BCUT2D eigenvalue weighted by molar-refractivity contribution is -0.142. The molecule has 0 spiro atoms. The molecule has 124 valence electrons. The van der Waals surface area contributed by atoms with Crippen LogP contribution in [0.15, 0.2) is 30.3 Å². The Balaban J connectivity index is 2.22. The fraction of sp³-hybridized carbons (Fsp3) is 0.143. The monoisotopic (exact) mass is 330 g/mol. The fourth-order valence-electron chi connectivity index (χ4n) is 1.75. The van der Waals surface area contributed by atoms with Gasteiger partial charge in [-0.15, -0.1) is 5.10 Å². The summed E-state index contributed by atoms with van der Waals surface area (Å²) in [6.07, 6.45) is 1.51. The van der Waals surface area contributed by atoms with Gasteiger partial charge in [0.1, 0.15) is 0 Å². The van der Waals surface area contributed by atoms with Crippen molar-refractivity contribution >= 4 is 29.7 Å². The number of ether oxygens (including phenoxy) is 1. The third-order valence-corrected chi connectivity index (χ3v) is 2.76. The molecule has 2 aromatic rings. The molecule has 3 amide bonds. The molecule has 1 heterocycles. The highest BCUT2D eigenvalue weighted by Gasteiger charge is 2.19. The number of primary amides is 1. The minimum absolute atomic E-state index is 0.00979. The van der Waals surface area contributed by atoms with E-state index < -0.39 is 24.5 Å². The minimum atomic E-state index is -1.03. The number of hydrogen-bond acceptors (Lipinski definition) is 7. The van der Waals surface area contributed by atoms with Gasteiger partial charge in [-0.3, -0.25) is 10.1 Å². The Hall–Kier alpha value is -3.56. The van der Waals surface area contributed by atoms with Crippen LogP contribution in [0.5, 0.6) is 0 Å². The summed E-state index contributed by atoms with van der Waals surface area (Å²) in [4.78, 5) is 34.2. The van der Waals surface area contributed by atoms with Crippen LogP contribution in [0.25, 0.3) is 11.8 Å². The van der Waals surface area contributed by atoms with Gasteiger partial charge in [0.25, 0.3) is 5.91 Å². The number of carbonyl (C=O) groups is 3. The molecular formula is C14H14N6O4. The Morgan fingerprint density at radius 2 is 2.00 bits per heavy atom. The molecule has 1 aromatic carbocycles. The van der Waals surface area contributed by atoms with Crippen molar-refractivity contribution in [2.45, 2.75) is 6.92 Å². The highest BCUT2D eigenvalue weighted by Crippen LogP contribution is 2.13. The van der Waals surface area contributed by atoms with Gasteiger partial charge in [0.05, 0.1) is 0 Å². The van der Waals surface area contributed by atoms with Gasteiger partial charge in [0.15, 0.2) is 18.1 Å². The van der Waals surface area contributed by atoms with E-state index in [9.17, 15) is 14.4 Å². The lowest BCUT2D eigenvalue weighted by Crippen LogP contribution is -2.38. The van der Waals surface area contributed by atoms with Gasteiger partial charge in [-0.25, -0.2) is 9.59 Å². The predicted molar refractivity (Wildman–Crippen MR) is 81.8 cm³/mol. The maximum atomic E-state index is 12.3. The summed E-state index contributed by atoms with van der Waals surface area (Å²) in [7, 11) is 0. The molecule has 0 unspecified atom stereocenters. The van der Waals surface area contributed by atoms with Crippen molar-refractivity contribution in [3.8, 4) is 0 Å². The van der Waals surface area contributed by atoms with Gasteiger partial charge < -0.3 is 10.5 Å². The van der Waals surface area contributed by atoms with Crippen LogP contribution in [0.1, 0.15) is 11.4 Å². The highest BCUT2D eigenvalue weighted by molar-refractivity contribution is 6.15. The number of esters is 1. The Bertz CT molecular complexity index is 784. The van der Waals surface area contributed by atoms with Crippen LogP contribution in [0.4, 0.5) is 4.79 Å². The maximum absolute atomic E-state index is 12.3. The zero-order valence-corrected chi connectivity index (χ0v) is 12.7. The molecule has 0 atom stereocenters. The number of carbonyl (C=O) groups excluding carboxylic acids is 3. The summed E-state index contributed by atoms with van der Waals surface area (Å²) < 4.78 is 6.06. The van der Waals surface area contributed by atoms with E-state index in [4.69, 9.17) is 10.5 Å². The van der Waals surface area contributed by atoms with Crippen molar-refractivity contribution in [1.82, 2.24) is 25.5 Å². The molecule has 3 N–H and O–H groups in total. The van der Waals surface area contributed by atoms with Crippen LogP contribution in [0, 0.1) is 6.92 Å². The smallest absolute Gasteiger partial charge is 0.357 e. The van der Waals surface area contributed by atoms with Gasteiger partial charge in [-0.05, 0) is 29.0 Å². The van der Waals surface area contributed by atoms with E-state index in [0.29, 0.717) is 11.4 Å². The Labute approximate surface area is 136 Å². The summed E-state index contributed by atoms with van der Waals surface area (Å²) in [5.74, 6) is -1.33. The van der Waals surface area contributed by atoms with E-state index in [0.717, 1.165) is 0 Å². The molecule has 0 saturated heterocycles. The highest BCUT2D eigenvalue weighted by atomic mass is 16.5. The number of rotatable bonds is 5. The molecular weight excluding hydrogens is 316 g/mol. The molecule has 0 saturated carbocycles. The molecule has 0 radical (unpaired) electrons. The van der Waals surface area contributed by atoms with Crippen LogP contribution >= 0.6 is 0 Å². The van der Waals surface area contributed by atoms with Gasteiger partial charge in [0, 0.05) is 0 Å². The Morgan fingerprint density at radius 1 is 1.29 bits per heavy atom. The second-order valence-corrected chi connectivity index (χ2v) is 4.57. The van der Waals surface area contributed by atoms with Crippen molar-refractivity contribution in [2.75, 3.05) is 6.61 Å². The largest absolute Gasteiger partial charge is 0.451 e. The number of nitrogens with two attached hydrogens (primary N) is 1. The average molecular weight is 330 g/mol. The predicted octanol–water partition coefficient (Wildman–Crippen LogP) is -0.282. The second-order valence-electron chi connectivity index (χ2n) is 4.57. The molecule has 2 rings (SSSR count). The summed E-state index contributed by atoms with van der Waals surface area (Å²) in [6.45, 7) is 0.932. The molecule has 0 fully saturated rings. The second kappa shape index (κ2) is 7.63. The Morgan fingerprint density at radius 3 is 2.58 bits per heavy atom. The number of nitrogens with zero attached hydrogens (tertiary/aromatic N) is 4. The summed E-state index contributed by atoms with van der Waals surface area (Å²) in [6, 6.07) is 7.92. The summed E-state index contributed by atoms with van der Waals surface area (Å²) in [5.41, 5.74) is 5.52. The summed E-state index contributed by atoms with van der Waals surface area (Å²) >= 11 is 0. The maximum Gasteiger partial charge on any atom is 0.357 e. The van der Waals surface area contributed by atoms with Crippen LogP contribution in [0.3, 0.4) is 0 Å². The molecule has 24 heavy (non-hydrogen) atoms. The minimum Gasteiger partial charge on any atom is -0.451 e. The zero-order chi connectivity index (χ0) is 17.5. The number of amides is 3. The number of tetrazole rings is 1. The van der Waals surface area contributed by atoms with E-state index in [-0.39, 0.29) is 5.70 Å². The molecule has 1 aromatic heterocycles. The van der Waals surface area contributed by atoms with Gasteiger partial charge >= 0.3 is 12.0 Å². The quantitative estimate of drug-likeness (QED) is 0.567. The normalized spacial score (nSPS) is 11.0. The van der Waals surface area contributed by atoms with Crippen molar-refractivity contribution in [3.63, 3.8) is 0 Å². The van der Waals surface area contributed by atoms with E-state index in [1.54, 1.807) is 36.5 Å². The first kappa shape index (κ1) is 16.8. The number of nitrogens with one attached hydrogen (secondary N) is 1. The molecule has 0 aliphatic heterocycles. The molecule has 0 bridgehead atoms. The van der Waals surface area contributed by atoms with Crippen LogP contribution in [0.2, 0.25) is 0 Å². The number of aromatic nitrogens is 4. The number of urea groups is 1. The lowest BCUT2D eigenvalue weighted by Gasteiger charge is -2.08. The first-order valence-electron chi connectivity index (χ1n) is 6.76. The van der Waals surface area contributed by atoms with Crippen molar-refractivity contribution < 1.29 is 19.1 Å². The fourth-order valence-corrected chi connectivity index (χ4v) is 1.75. The van der Waals surface area contributed by atoms with E-state index in [1.165, 1.54) is 10.8 Å². The van der Waals surface area contributed by atoms with Crippen LogP contribution in [-0.2, 0) is 14.3 Å².